The van der Waals surface area contributed by atoms with Crippen molar-refractivity contribution in [2.24, 2.45) is 0 Å². The zero-order valence-electron chi connectivity index (χ0n) is 19.9. The number of carbonyl (C=O) groups excluding carboxylic acids is 3. The summed E-state index contributed by atoms with van der Waals surface area (Å²) in [6.45, 7) is 0.243. The fourth-order valence-electron chi connectivity index (χ4n) is 5.15. The van der Waals surface area contributed by atoms with E-state index in [1.54, 1.807) is 14.8 Å². The molecule has 2 fully saturated rings. The second kappa shape index (κ2) is 9.68. The van der Waals surface area contributed by atoms with Gasteiger partial charge in [-0.25, -0.2) is 9.80 Å². The third-order valence-electron chi connectivity index (χ3n) is 6.79. The van der Waals surface area contributed by atoms with Crippen LogP contribution in [0.25, 0.3) is 10.8 Å². The second-order valence-corrected chi connectivity index (χ2v) is 8.82. The molecule has 0 radical (unpaired) electrons. The van der Waals surface area contributed by atoms with Crippen LogP contribution in [0.5, 0.6) is 0 Å². The van der Waals surface area contributed by atoms with E-state index in [1.807, 2.05) is 78.9 Å². The average Bonchev–Trinajstić information content (AvgIpc) is 3.23. The predicted molar refractivity (Wildman–Crippen MR) is 133 cm³/mol. The molecule has 0 bridgehead atoms. The highest BCUT2D eigenvalue weighted by atomic mass is 16.2. The Bertz CT molecular complexity index is 1350. The summed E-state index contributed by atoms with van der Waals surface area (Å²) < 4.78 is 0. The number of nitrogens with zero attached hydrogens (tertiary/aromatic N) is 5. The van der Waals surface area contributed by atoms with Crippen LogP contribution in [0.3, 0.4) is 0 Å². The van der Waals surface area contributed by atoms with Crippen molar-refractivity contribution < 1.29 is 14.4 Å². The summed E-state index contributed by atoms with van der Waals surface area (Å²) in [6, 6.07) is 23.9. The van der Waals surface area contributed by atoms with Gasteiger partial charge in [-0.15, -0.1) is 0 Å². The Morgan fingerprint density at radius 2 is 1.78 bits per heavy atom. The Labute approximate surface area is 209 Å². The average molecular weight is 483 g/mol. The van der Waals surface area contributed by atoms with Gasteiger partial charge in [-0.3, -0.25) is 9.59 Å². The molecule has 2 aliphatic rings. The van der Waals surface area contributed by atoms with Gasteiger partial charge >= 0.3 is 6.03 Å². The normalized spacial score (nSPS) is 19.8. The number of hydrazine groups is 1. The summed E-state index contributed by atoms with van der Waals surface area (Å²) in [5, 5.41) is 16.9. The lowest BCUT2D eigenvalue weighted by atomic mass is 9.99. The number of hydrogen-bond donors (Lipinski definition) is 1. The maximum atomic E-state index is 13.9. The summed E-state index contributed by atoms with van der Waals surface area (Å²) >= 11 is 0. The van der Waals surface area contributed by atoms with E-state index in [9.17, 15) is 19.6 Å². The van der Waals surface area contributed by atoms with Crippen LogP contribution < -0.4 is 5.32 Å². The molecule has 0 aliphatic carbocycles. The van der Waals surface area contributed by atoms with Crippen LogP contribution in [0.15, 0.2) is 72.8 Å². The Morgan fingerprint density at radius 1 is 1.06 bits per heavy atom. The van der Waals surface area contributed by atoms with Gasteiger partial charge in [0.05, 0.1) is 19.2 Å². The molecule has 5 rings (SSSR count). The van der Waals surface area contributed by atoms with Gasteiger partial charge in [0.15, 0.2) is 0 Å². The molecular formula is C27H26N6O3. The number of nitrogens with one attached hydrogen (secondary N) is 1. The lowest BCUT2D eigenvalue weighted by molar-refractivity contribution is -0.158. The van der Waals surface area contributed by atoms with Crippen molar-refractivity contribution in [2.75, 3.05) is 26.7 Å². The summed E-state index contributed by atoms with van der Waals surface area (Å²) in [7, 11) is 1.48. The number of benzene rings is 3. The van der Waals surface area contributed by atoms with Crippen LogP contribution in [0.1, 0.15) is 17.2 Å². The SMILES string of the molecule is CNC(=O)N(CC#N)N1CC(=O)N2[C@@H](c3ccccc3)C(=O)N(Cc3cccc4ccccc34)C[C@@H]21. The molecule has 9 nitrogen and oxygen atoms in total. The largest absolute Gasteiger partial charge is 0.340 e. The van der Waals surface area contributed by atoms with Crippen molar-refractivity contribution in [3.8, 4) is 6.07 Å². The highest BCUT2D eigenvalue weighted by Crippen LogP contribution is 2.36. The van der Waals surface area contributed by atoms with E-state index < -0.39 is 18.2 Å². The zero-order valence-corrected chi connectivity index (χ0v) is 19.9. The van der Waals surface area contributed by atoms with Gasteiger partial charge in [0.25, 0.3) is 5.91 Å². The number of piperazine rings is 1. The second-order valence-electron chi connectivity index (χ2n) is 8.82. The lowest BCUT2D eigenvalue weighted by Crippen LogP contribution is -2.62. The van der Waals surface area contributed by atoms with E-state index in [2.05, 4.69) is 5.32 Å². The standard InChI is InChI=1S/C27H26N6O3/c1-29-27(36)31(15-14-28)32-18-24(34)33-23(32)17-30(26(35)25(33)20-9-3-2-4-10-20)16-21-12-7-11-19-8-5-6-13-22(19)21/h2-13,23,25H,15-18H2,1H3,(H,29,36)/t23-,25+/m1/s1. The van der Waals surface area contributed by atoms with E-state index in [0.29, 0.717) is 12.1 Å². The van der Waals surface area contributed by atoms with Crippen molar-refractivity contribution in [1.29, 1.82) is 5.26 Å². The number of nitriles is 1. The topological polar surface area (TPSA) is 100.0 Å². The fourth-order valence-corrected chi connectivity index (χ4v) is 5.15. The summed E-state index contributed by atoms with van der Waals surface area (Å²) in [6.07, 6.45) is -0.596. The molecule has 3 aromatic carbocycles. The van der Waals surface area contributed by atoms with E-state index >= 15 is 0 Å². The minimum Gasteiger partial charge on any atom is -0.340 e. The first kappa shape index (κ1) is 23.3. The van der Waals surface area contributed by atoms with Crippen molar-refractivity contribution in [3.63, 3.8) is 0 Å². The lowest BCUT2D eigenvalue weighted by Gasteiger charge is -2.46. The van der Waals surface area contributed by atoms with E-state index in [4.69, 9.17) is 0 Å². The summed E-state index contributed by atoms with van der Waals surface area (Å²) in [4.78, 5) is 43.1. The molecular weight excluding hydrogens is 456 g/mol. The highest BCUT2D eigenvalue weighted by molar-refractivity contribution is 5.93. The molecule has 1 N–H and O–H groups in total. The molecule has 36 heavy (non-hydrogen) atoms. The van der Waals surface area contributed by atoms with E-state index in [-0.39, 0.29) is 31.4 Å². The Hall–Kier alpha value is -4.42. The first-order chi connectivity index (χ1) is 17.5. The van der Waals surface area contributed by atoms with Crippen LogP contribution >= 0.6 is 0 Å². The number of fused-ring (bicyclic) bond motifs is 2. The molecule has 0 saturated carbocycles. The summed E-state index contributed by atoms with van der Waals surface area (Å²) in [5.74, 6) is -0.439. The maximum Gasteiger partial charge on any atom is 0.332 e. The van der Waals surface area contributed by atoms with Gasteiger partial charge in [-0.05, 0) is 21.9 Å². The first-order valence-corrected chi connectivity index (χ1v) is 11.8. The minimum atomic E-state index is -0.828. The molecule has 4 amide bonds. The van der Waals surface area contributed by atoms with Crippen LogP contribution in [-0.2, 0) is 16.1 Å². The molecule has 9 heteroatoms. The fraction of sp³-hybridized carbons (Fsp3) is 0.259. The number of urea groups is 1. The van der Waals surface area contributed by atoms with Gasteiger partial charge in [0.2, 0.25) is 5.91 Å². The molecule has 2 atom stereocenters. The van der Waals surface area contributed by atoms with Crippen molar-refractivity contribution >= 4 is 28.6 Å². The van der Waals surface area contributed by atoms with E-state index in [1.165, 1.54) is 12.1 Å². The Morgan fingerprint density at radius 3 is 2.53 bits per heavy atom. The van der Waals surface area contributed by atoms with Gasteiger partial charge < -0.3 is 15.1 Å². The van der Waals surface area contributed by atoms with Crippen molar-refractivity contribution in [1.82, 2.24) is 25.1 Å². The van der Waals surface area contributed by atoms with Crippen molar-refractivity contribution in [3.05, 3.63) is 83.9 Å². The third kappa shape index (κ3) is 4.01. The Kier molecular flexibility index (Phi) is 6.27. The maximum absolute atomic E-state index is 13.9. The first-order valence-electron chi connectivity index (χ1n) is 11.8. The number of carbonyl (C=O) groups is 3. The molecule has 182 valence electrons. The Balaban J connectivity index is 1.56. The molecule has 0 aromatic heterocycles. The number of amides is 4. The van der Waals surface area contributed by atoms with Gasteiger partial charge in [-0.1, -0.05) is 72.8 Å². The van der Waals surface area contributed by atoms with Gasteiger partial charge in [0, 0.05) is 13.6 Å². The number of hydrogen-bond acceptors (Lipinski definition) is 5. The van der Waals surface area contributed by atoms with Gasteiger partial charge in [0.1, 0.15) is 18.8 Å². The molecule has 2 heterocycles. The monoisotopic (exact) mass is 482 g/mol. The minimum absolute atomic E-state index is 0.0987. The quantitative estimate of drug-likeness (QED) is 0.563. The van der Waals surface area contributed by atoms with Crippen LogP contribution in [0.4, 0.5) is 4.79 Å². The predicted octanol–water partition coefficient (Wildman–Crippen LogP) is 2.47. The molecule has 0 spiro atoms. The van der Waals surface area contributed by atoms with Crippen LogP contribution in [0.2, 0.25) is 0 Å². The molecule has 2 saturated heterocycles. The van der Waals surface area contributed by atoms with E-state index in [0.717, 1.165) is 16.3 Å². The molecule has 0 unspecified atom stereocenters. The third-order valence-corrected chi connectivity index (χ3v) is 6.79. The summed E-state index contributed by atoms with van der Waals surface area (Å²) in [5.41, 5.74) is 1.70. The van der Waals surface area contributed by atoms with Crippen molar-refractivity contribution in [2.45, 2.75) is 18.8 Å². The van der Waals surface area contributed by atoms with Crippen LogP contribution in [0, 0.1) is 11.3 Å². The van der Waals surface area contributed by atoms with Crippen LogP contribution in [-0.4, -0.2) is 70.5 Å². The zero-order chi connectivity index (χ0) is 25.2. The van der Waals surface area contributed by atoms with Gasteiger partial charge in [-0.2, -0.15) is 10.3 Å². The highest BCUT2D eigenvalue weighted by Gasteiger charge is 2.52. The number of rotatable bonds is 5. The molecule has 3 aromatic rings. The smallest absolute Gasteiger partial charge is 0.332 e. The molecule has 2 aliphatic heterocycles.